The molecule has 1 rings (SSSR count). The van der Waals surface area contributed by atoms with Crippen LogP contribution >= 0.6 is 0 Å². The fraction of sp³-hybridized carbons (Fsp3) is 0.846. The molecule has 0 bridgehead atoms. The van der Waals surface area contributed by atoms with Crippen molar-refractivity contribution < 1.29 is 14.7 Å². The second-order valence-electron chi connectivity index (χ2n) is 4.98. The number of carboxylic acid groups (broad SMARTS) is 1. The Kier molecular flexibility index (Phi) is 7.25. The molecule has 6 heteroatoms. The van der Waals surface area contributed by atoms with Crippen LogP contribution in [0.3, 0.4) is 0 Å². The zero-order valence-electron chi connectivity index (χ0n) is 11.7. The van der Waals surface area contributed by atoms with Gasteiger partial charge in [0, 0.05) is 13.1 Å². The molecule has 0 aromatic carbocycles. The summed E-state index contributed by atoms with van der Waals surface area (Å²) in [6, 6.07) is -1.18. The van der Waals surface area contributed by atoms with Crippen molar-refractivity contribution in [2.24, 2.45) is 0 Å². The van der Waals surface area contributed by atoms with Gasteiger partial charge in [0.1, 0.15) is 6.04 Å². The van der Waals surface area contributed by atoms with Crippen LogP contribution in [0.1, 0.15) is 39.0 Å². The Morgan fingerprint density at radius 3 is 2.53 bits per heavy atom. The van der Waals surface area contributed by atoms with Gasteiger partial charge in [-0.25, -0.2) is 9.59 Å². The van der Waals surface area contributed by atoms with E-state index in [0.29, 0.717) is 13.0 Å². The van der Waals surface area contributed by atoms with Crippen LogP contribution in [0, 0.1) is 0 Å². The number of urea groups is 1. The van der Waals surface area contributed by atoms with Gasteiger partial charge in [-0.2, -0.15) is 0 Å². The molecule has 110 valence electrons. The van der Waals surface area contributed by atoms with E-state index in [4.69, 9.17) is 5.11 Å². The molecule has 1 fully saturated rings. The first-order chi connectivity index (χ1) is 9.13. The summed E-state index contributed by atoms with van der Waals surface area (Å²) in [6.45, 7) is 5.48. The Balaban J connectivity index is 2.17. The van der Waals surface area contributed by atoms with Crippen LogP contribution in [-0.4, -0.2) is 54.2 Å². The van der Waals surface area contributed by atoms with Crippen molar-refractivity contribution in [1.29, 1.82) is 0 Å². The van der Waals surface area contributed by atoms with Crippen LogP contribution in [0.5, 0.6) is 0 Å². The maximum absolute atomic E-state index is 11.6. The summed E-state index contributed by atoms with van der Waals surface area (Å²) in [5.74, 6) is -0.979. The number of carboxylic acids is 1. The first-order valence-electron chi connectivity index (χ1n) is 7.13. The van der Waals surface area contributed by atoms with Crippen molar-refractivity contribution in [1.82, 2.24) is 15.5 Å². The number of nitrogens with zero attached hydrogens (tertiary/aromatic N) is 1. The lowest BCUT2D eigenvalue weighted by atomic mass is 10.1. The molecule has 0 spiro atoms. The van der Waals surface area contributed by atoms with E-state index in [1.165, 1.54) is 19.3 Å². The first-order valence-corrected chi connectivity index (χ1v) is 7.13. The minimum atomic E-state index is -0.979. The van der Waals surface area contributed by atoms with Gasteiger partial charge in [-0.15, -0.1) is 0 Å². The summed E-state index contributed by atoms with van der Waals surface area (Å²) in [5, 5.41) is 14.1. The molecule has 2 amide bonds. The van der Waals surface area contributed by atoms with Crippen LogP contribution in [-0.2, 0) is 4.79 Å². The van der Waals surface area contributed by atoms with Gasteiger partial charge in [-0.1, -0.05) is 19.8 Å². The van der Waals surface area contributed by atoms with E-state index >= 15 is 0 Å². The lowest BCUT2D eigenvalue weighted by molar-refractivity contribution is -0.139. The largest absolute Gasteiger partial charge is 0.480 e. The second kappa shape index (κ2) is 8.74. The topological polar surface area (TPSA) is 81.7 Å². The average Bonchev–Trinajstić information content (AvgIpc) is 2.39. The molecule has 0 saturated carbocycles. The maximum Gasteiger partial charge on any atom is 0.326 e. The summed E-state index contributed by atoms with van der Waals surface area (Å²) in [7, 11) is 0. The van der Waals surface area contributed by atoms with Gasteiger partial charge in [0.15, 0.2) is 0 Å². The van der Waals surface area contributed by atoms with E-state index in [2.05, 4.69) is 15.5 Å². The number of rotatable bonds is 7. The quantitative estimate of drug-likeness (QED) is 0.646. The van der Waals surface area contributed by atoms with Gasteiger partial charge in [0.05, 0.1) is 0 Å². The molecule has 1 saturated heterocycles. The van der Waals surface area contributed by atoms with Crippen molar-refractivity contribution in [2.75, 3.05) is 26.2 Å². The molecular weight excluding hydrogens is 246 g/mol. The maximum atomic E-state index is 11.6. The fourth-order valence-corrected chi connectivity index (χ4v) is 2.27. The van der Waals surface area contributed by atoms with Crippen molar-refractivity contribution >= 4 is 12.0 Å². The summed E-state index contributed by atoms with van der Waals surface area (Å²) >= 11 is 0. The zero-order chi connectivity index (χ0) is 14.1. The van der Waals surface area contributed by atoms with Crippen molar-refractivity contribution in [3.8, 4) is 0 Å². The highest BCUT2D eigenvalue weighted by Gasteiger charge is 2.18. The van der Waals surface area contributed by atoms with Gasteiger partial charge < -0.3 is 20.6 Å². The highest BCUT2D eigenvalue weighted by atomic mass is 16.4. The number of hydrogen-bond acceptors (Lipinski definition) is 3. The smallest absolute Gasteiger partial charge is 0.326 e. The number of hydrogen-bond donors (Lipinski definition) is 3. The minimum Gasteiger partial charge on any atom is -0.480 e. The standard InChI is InChI=1S/C13H25N3O3/c1-2-6-11(12(17)18)15-13(19)14-7-10-16-8-4-3-5-9-16/h11H,2-10H2,1H3,(H,17,18)(H2,14,15,19)/t11-/m1/s1. The normalized spacial score (nSPS) is 17.7. The molecule has 3 N–H and O–H groups in total. The Labute approximate surface area is 114 Å². The highest BCUT2D eigenvalue weighted by Crippen LogP contribution is 2.07. The third-order valence-corrected chi connectivity index (χ3v) is 3.34. The summed E-state index contributed by atoms with van der Waals surface area (Å²) in [4.78, 5) is 24.8. The molecule has 0 radical (unpaired) electrons. The molecule has 0 aliphatic carbocycles. The van der Waals surface area contributed by atoms with Gasteiger partial charge in [0.2, 0.25) is 0 Å². The first kappa shape index (κ1) is 15.8. The summed E-state index contributed by atoms with van der Waals surface area (Å²) < 4.78 is 0. The summed E-state index contributed by atoms with van der Waals surface area (Å²) in [5.41, 5.74) is 0. The second-order valence-corrected chi connectivity index (χ2v) is 4.98. The lowest BCUT2D eigenvalue weighted by Crippen LogP contribution is -2.47. The molecule has 1 aliphatic heterocycles. The van der Waals surface area contributed by atoms with E-state index in [1.807, 2.05) is 6.92 Å². The Hall–Kier alpha value is -1.30. The third-order valence-electron chi connectivity index (χ3n) is 3.34. The Morgan fingerprint density at radius 1 is 1.26 bits per heavy atom. The zero-order valence-corrected chi connectivity index (χ0v) is 11.7. The van der Waals surface area contributed by atoms with E-state index in [0.717, 1.165) is 26.1 Å². The number of nitrogens with one attached hydrogen (secondary N) is 2. The SMILES string of the molecule is CCC[C@@H](NC(=O)NCCN1CCCCC1)C(=O)O. The molecule has 0 unspecified atom stereocenters. The number of carbonyl (C=O) groups is 2. The molecule has 0 aromatic rings. The van der Waals surface area contributed by atoms with Crippen LogP contribution in [0.2, 0.25) is 0 Å². The molecule has 6 nitrogen and oxygen atoms in total. The number of aliphatic carboxylic acids is 1. The third kappa shape index (κ3) is 6.42. The van der Waals surface area contributed by atoms with Crippen LogP contribution < -0.4 is 10.6 Å². The van der Waals surface area contributed by atoms with Crippen molar-refractivity contribution in [2.45, 2.75) is 45.1 Å². The highest BCUT2D eigenvalue weighted by molar-refractivity contribution is 5.82. The lowest BCUT2D eigenvalue weighted by Gasteiger charge is -2.26. The van der Waals surface area contributed by atoms with Gasteiger partial charge >= 0.3 is 12.0 Å². The van der Waals surface area contributed by atoms with Gasteiger partial charge in [-0.05, 0) is 32.4 Å². The van der Waals surface area contributed by atoms with Gasteiger partial charge in [-0.3, -0.25) is 0 Å². The molecule has 19 heavy (non-hydrogen) atoms. The van der Waals surface area contributed by atoms with Crippen molar-refractivity contribution in [3.63, 3.8) is 0 Å². The Morgan fingerprint density at radius 2 is 1.95 bits per heavy atom. The van der Waals surface area contributed by atoms with E-state index in [1.54, 1.807) is 0 Å². The number of amides is 2. The average molecular weight is 271 g/mol. The van der Waals surface area contributed by atoms with Crippen molar-refractivity contribution in [3.05, 3.63) is 0 Å². The number of piperidine rings is 1. The molecule has 1 heterocycles. The number of carbonyl (C=O) groups excluding carboxylic acids is 1. The van der Waals surface area contributed by atoms with E-state index in [-0.39, 0.29) is 0 Å². The molecular formula is C13H25N3O3. The van der Waals surface area contributed by atoms with Gasteiger partial charge in [0.25, 0.3) is 0 Å². The molecule has 1 aliphatic rings. The molecule has 1 atom stereocenters. The number of likely N-dealkylation sites (tertiary alicyclic amines) is 1. The fourth-order valence-electron chi connectivity index (χ4n) is 2.27. The predicted octanol–water partition coefficient (Wildman–Crippen LogP) is 1.02. The monoisotopic (exact) mass is 271 g/mol. The predicted molar refractivity (Wildman–Crippen MR) is 73.2 cm³/mol. The van der Waals surface area contributed by atoms with E-state index < -0.39 is 18.0 Å². The molecule has 0 aromatic heterocycles. The van der Waals surface area contributed by atoms with Crippen LogP contribution in [0.15, 0.2) is 0 Å². The van der Waals surface area contributed by atoms with Crippen LogP contribution in [0.4, 0.5) is 4.79 Å². The van der Waals surface area contributed by atoms with E-state index in [9.17, 15) is 9.59 Å². The Bertz CT molecular complexity index is 291. The van der Waals surface area contributed by atoms with Crippen LogP contribution in [0.25, 0.3) is 0 Å². The minimum absolute atomic E-state index is 0.391. The summed E-state index contributed by atoms with van der Waals surface area (Å²) in [6.07, 6.45) is 4.93.